The molecular weight excluding hydrogens is 274 g/mol. The van der Waals surface area contributed by atoms with Gasteiger partial charge in [-0.15, -0.1) is 0 Å². The lowest BCUT2D eigenvalue weighted by molar-refractivity contribution is -0.123. The fourth-order valence-electron chi connectivity index (χ4n) is 3.10. The Balaban J connectivity index is 1.87. The number of nitrogens with one attached hydrogen (secondary N) is 1. The summed E-state index contributed by atoms with van der Waals surface area (Å²) in [7, 11) is 1.93. The average Bonchev–Trinajstić information content (AvgIpc) is 2.74. The molecule has 0 unspecified atom stereocenters. The summed E-state index contributed by atoms with van der Waals surface area (Å²) >= 11 is 0. The molecule has 1 aromatic rings. The van der Waals surface area contributed by atoms with Gasteiger partial charge in [-0.25, -0.2) is 0 Å². The minimum absolute atomic E-state index is 0.0538. The molecule has 0 radical (unpaired) electrons. The number of benzene rings is 1. The molecule has 1 aromatic carbocycles. The molecule has 22 heavy (non-hydrogen) atoms. The van der Waals surface area contributed by atoms with Gasteiger partial charge in [-0.3, -0.25) is 9.69 Å². The molecule has 1 N–H and O–H groups in total. The highest BCUT2D eigenvalue weighted by atomic mass is 16.2. The van der Waals surface area contributed by atoms with Crippen LogP contribution in [0.4, 0.5) is 0 Å². The van der Waals surface area contributed by atoms with E-state index in [1.165, 1.54) is 5.56 Å². The Hall–Kier alpha value is -1.86. The SMILES string of the molecule is CN(CC(=O)NC1(C#N)CCCCCC1)Cc1ccccc1. The van der Waals surface area contributed by atoms with E-state index in [1.807, 2.05) is 30.1 Å². The molecule has 1 amide bonds. The van der Waals surface area contributed by atoms with Gasteiger partial charge in [0.2, 0.25) is 5.91 Å². The Labute approximate surface area is 133 Å². The first-order valence-corrected chi connectivity index (χ1v) is 8.08. The van der Waals surface area contributed by atoms with Gasteiger partial charge >= 0.3 is 0 Å². The number of hydrogen-bond donors (Lipinski definition) is 1. The average molecular weight is 299 g/mol. The number of hydrogen-bond acceptors (Lipinski definition) is 3. The van der Waals surface area contributed by atoms with Crippen LogP contribution in [-0.4, -0.2) is 29.9 Å². The lowest BCUT2D eigenvalue weighted by Crippen LogP contribution is -2.49. The van der Waals surface area contributed by atoms with Gasteiger partial charge in [0, 0.05) is 6.54 Å². The van der Waals surface area contributed by atoms with Crippen molar-refractivity contribution in [2.75, 3.05) is 13.6 Å². The van der Waals surface area contributed by atoms with Crippen molar-refractivity contribution in [1.82, 2.24) is 10.2 Å². The van der Waals surface area contributed by atoms with E-state index in [4.69, 9.17) is 0 Å². The minimum Gasteiger partial charge on any atom is -0.337 e. The number of amides is 1. The molecule has 1 aliphatic carbocycles. The van der Waals surface area contributed by atoms with Gasteiger partial charge < -0.3 is 5.32 Å². The third kappa shape index (κ3) is 4.85. The Bertz CT molecular complexity index is 513. The van der Waals surface area contributed by atoms with Gasteiger partial charge in [0.1, 0.15) is 5.54 Å². The normalized spacial score (nSPS) is 17.5. The number of nitriles is 1. The van der Waals surface area contributed by atoms with Crippen molar-refractivity contribution in [3.63, 3.8) is 0 Å². The Morgan fingerprint density at radius 1 is 1.23 bits per heavy atom. The summed E-state index contributed by atoms with van der Waals surface area (Å²) in [5, 5.41) is 12.5. The zero-order valence-corrected chi connectivity index (χ0v) is 13.3. The third-order valence-corrected chi connectivity index (χ3v) is 4.26. The van der Waals surface area contributed by atoms with Crippen LogP contribution in [0.5, 0.6) is 0 Å². The summed E-state index contributed by atoms with van der Waals surface area (Å²) in [6.07, 6.45) is 5.91. The maximum atomic E-state index is 12.3. The summed E-state index contributed by atoms with van der Waals surface area (Å²) in [5.41, 5.74) is 0.531. The second-order valence-electron chi connectivity index (χ2n) is 6.31. The zero-order valence-electron chi connectivity index (χ0n) is 13.3. The maximum Gasteiger partial charge on any atom is 0.235 e. The van der Waals surface area contributed by atoms with Crippen molar-refractivity contribution >= 4 is 5.91 Å². The molecule has 1 fully saturated rings. The molecule has 0 aromatic heterocycles. The van der Waals surface area contributed by atoms with Crippen LogP contribution in [0.25, 0.3) is 0 Å². The second-order valence-corrected chi connectivity index (χ2v) is 6.31. The van der Waals surface area contributed by atoms with E-state index in [0.29, 0.717) is 6.54 Å². The molecule has 0 aliphatic heterocycles. The minimum atomic E-state index is -0.652. The lowest BCUT2D eigenvalue weighted by atomic mass is 9.92. The summed E-state index contributed by atoms with van der Waals surface area (Å²) in [5.74, 6) is -0.0538. The van der Waals surface area contributed by atoms with Gasteiger partial charge in [0.15, 0.2) is 0 Å². The largest absolute Gasteiger partial charge is 0.337 e. The molecular formula is C18H25N3O. The van der Waals surface area contributed by atoms with Crippen molar-refractivity contribution in [1.29, 1.82) is 5.26 Å². The summed E-state index contributed by atoms with van der Waals surface area (Å²) < 4.78 is 0. The first kappa shape index (κ1) is 16.5. The number of rotatable bonds is 5. The molecule has 4 heteroatoms. The van der Waals surface area contributed by atoms with Gasteiger partial charge in [-0.1, -0.05) is 56.0 Å². The topological polar surface area (TPSA) is 56.1 Å². The predicted octanol–water partition coefficient (Wildman–Crippen LogP) is 2.85. The van der Waals surface area contributed by atoms with E-state index >= 15 is 0 Å². The molecule has 1 aliphatic rings. The van der Waals surface area contributed by atoms with Gasteiger partial charge in [0.25, 0.3) is 0 Å². The van der Waals surface area contributed by atoms with Gasteiger partial charge in [0.05, 0.1) is 12.6 Å². The van der Waals surface area contributed by atoms with Crippen LogP contribution in [0.15, 0.2) is 30.3 Å². The quantitative estimate of drug-likeness (QED) is 0.851. The van der Waals surface area contributed by atoms with Crippen LogP contribution in [-0.2, 0) is 11.3 Å². The fourth-order valence-corrected chi connectivity index (χ4v) is 3.10. The van der Waals surface area contributed by atoms with Crippen LogP contribution >= 0.6 is 0 Å². The Morgan fingerprint density at radius 3 is 2.45 bits per heavy atom. The predicted molar refractivity (Wildman–Crippen MR) is 87.0 cm³/mol. The molecule has 0 heterocycles. The van der Waals surface area contributed by atoms with Crippen LogP contribution < -0.4 is 5.32 Å². The van der Waals surface area contributed by atoms with E-state index in [1.54, 1.807) is 0 Å². The number of carbonyl (C=O) groups excluding carboxylic acids is 1. The first-order valence-electron chi connectivity index (χ1n) is 8.08. The number of likely N-dealkylation sites (N-methyl/N-ethyl adjacent to an activating group) is 1. The lowest BCUT2D eigenvalue weighted by Gasteiger charge is -2.27. The molecule has 118 valence electrons. The van der Waals surface area contributed by atoms with Crippen molar-refractivity contribution < 1.29 is 4.79 Å². The summed E-state index contributed by atoms with van der Waals surface area (Å²) in [6, 6.07) is 12.4. The zero-order chi connectivity index (χ0) is 15.8. The number of carbonyl (C=O) groups is 1. The van der Waals surface area contributed by atoms with E-state index in [2.05, 4.69) is 23.5 Å². The van der Waals surface area contributed by atoms with Crippen LogP contribution in [0.1, 0.15) is 44.1 Å². The highest BCUT2D eigenvalue weighted by molar-refractivity contribution is 5.79. The van der Waals surface area contributed by atoms with Gasteiger partial charge in [-0.05, 0) is 25.5 Å². The van der Waals surface area contributed by atoms with Crippen molar-refractivity contribution in [3.8, 4) is 6.07 Å². The molecule has 0 atom stereocenters. The maximum absolute atomic E-state index is 12.3. The smallest absolute Gasteiger partial charge is 0.235 e. The fraction of sp³-hybridized carbons (Fsp3) is 0.556. The third-order valence-electron chi connectivity index (χ3n) is 4.26. The second kappa shape index (κ2) is 7.95. The van der Waals surface area contributed by atoms with Crippen molar-refractivity contribution in [2.45, 2.75) is 50.6 Å². The van der Waals surface area contributed by atoms with E-state index < -0.39 is 5.54 Å². The van der Waals surface area contributed by atoms with Crippen molar-refractivity contribution in [2.24, 2.45) is 0 Å². The highest BCUT2D eigenvalue weighted by Gasteiger charge is 2.32. The monoisotopic (exact) mass is 299 g/mol. The Kier molecular flexibility index (Phi) is 5.97. The van der Waals surface area contributed by atoms with Gasteiger partial charge in [-0.2, -0.15) is 5.26 Å². The first-order chi connectivity index (χ1) is 10.6. The molecule has 2 rings (SSSR count). The van der Waals surface area contributed by atoms with Crippen LogP contribution in [0, 0.1) is 11.3 Å². The summed E-state index contributed by atoms with van der Waals surface area (Å²) in [4.78, 5) is 14.3. The highest BCUT2D eigenvalue weighted by Crippen LogP contribution is 2.26. The van der Waals surface area contributed by atoms with E-state index in [-0.39, 0.29) is 5.91 Å². The Morgan fingerprint density at radius 2 is 1.86 bits per heavy atom. The van der Waals surface area contributed by atoms with E-state index in [0.717, 1.165) is 45.1 Å². The number of nitrogens with zero attached hydrogens (tertiary/aromatic N) is 2. The molecule has 0 spiro atoms. The standard InChI is InChI=1S/C18H25N3O/c1-21(13-16-9-5-4-6-10-16)14-17(22)20-18(15-19)11-7-2-3-8-12-18/h4-6,9-10H,2-3,7-8,11-14H2,1H3,(H,20,22). The molecule has 0 bridgehead atoms. The molecule has 4 nitrogen and oxygen atoms in total. The van der Waals surface area contributed by atoms with Crippen molar-refractivity contribution in [3.05, 3.63) is 35.9 Å². The van der Waals surface area contributed by atoms with Crippen LogP contribution in [0.3, 0.4) is 0 Å². The molecule has 1 saturated carbocycles. The summed E-state index contributed by atoms with van der Waals surface area (Å²) in [6.45, 7) is 1.05. The van der Waals surface area contributed by atoms with E-state index in [9.17, 15) is 10.1 Å². The van der Waals surface area contributed by atoms with Crippen LogP contribution in [0.2, 0.25) is 0 Å². The molecule has 0 saturated heterocycles.